The van der Waals surface area contributed by atoms with Crippen LogP contribution >= 0.6 is 23.2 Å². The lowest BCUT2D eigenvalue weighted by molar-refractivity contribution is -0.148. The van der Waals surface area contributed by atoms with Crippen molar-refractivity contribution in [3.63, 3.8) is 0 Å². The van der Waals surface area contributed by atoms with Crippen LogP contribution in [-0.2, 0) is 24.3 Å². The number of halogens is 2. The maximum absolute atomic E-state index is 13.4. The molecule has 0 aliphatic carbocycles. The van der Waals surface area contributed by atoms with E-state index in [4.69, 9.17) is 32.7 Å². The van der Waals surface area contributed by atoms with Crippen molar-refractivity contribution < 1.29 is 27.5 Å². The van der Waals surface area contributed by atoms with Crippen LogP contribution in [0.1, 0.15) is 12.8 Å². The number of sulfonamides is 1. The van der Waals surface area contributed by atoms with E-state index < -0.39 is 28.0 Å². The highest BCUT2D eigenvalue weighted by atomic mass is 35.5. The first kappa shape index (κ1) is 23.8. The molecule has 1 fully saturated rings. The third-order valence-corrected chi connectivity index (χ3v) is 8.43. The summed E-state index contributed by atoms with van der Waals surface area (Å²) in [6.07, 6.45) is -0.267. The molecule has 1 amide bonds. The van der Waals surface area contributed by atoms with Gasteiger partial charge >= 0.3 is 5.97 Å². The molecule has 2 aromatic carbocycles. The van der Waals surface area contributed by atoms with E-state index in [0.29, 0.717) is 24.3 Å². The Bertz CT molecular complexity index is 1180. The van der Waals surface area contributed by atoms with Gasteiger partial charge in [-0.1, -0.05) is 35.3 Å². The van der Waals surface area contributed by atoms with Crippen LogP contribution in [0.2, 0.25) is 10.0 Å². The summed E-state index contributed by atoms with van der Waals surface area (Å²) in [7, 11) is -2.59. The van der Waals surface area contributed by atoms with E-state index in [1.54, 1.807) is 24.3 Å². The van der Waals surface area contributed by atoms with E-state index in [1.165, 1.54) is 34.5 Å². The molecule has 0 aromatic heterocycles. The van der Waals surface area contributed by atoms with Gasteiger partial charge in [-0.25, -0.2) is 13.2 Å². The smallest absolute Gasteiger partial charge is 0.348 e. The molecule has 0 spiro atoms. The van der Waals surface area contributed by atoms with Gasteiger partial charge in [-0.2, -0.15) is 4.31 Å². The number of para-hydroxylation sites is 2. The predicted octanol–water partition coefficient (Wildman–Crippen LogP) is 3.36. The van der Waals surface area contributed by atoms with Gasteiger partial charge in [0.1, 0.15) is 10.6 Å². The normalized spacial score (nSPS) is 19.5. The molecular formula is C22H22Cl2N2O6S. The number of carbonyl (C=O) groups is 2. The fourth-order valence-electron chi connectivity index (χ4n) is 4.07. The molecule has 0 radical (unpaired) electrons. The van der Waals surface area contributed by atoms with E-state index in [9.17, 15) is 18.0 Å². The standard InChI is InChI=1S/C22H22Cl2N2O6S/c1-31-22(28)19-13-26(17-4-2-3-5-18(17)32-19)21(27)14-8-10-25(11-9-14)33(29,30)20-12-15(23)6-7-16(20)24/h2-7,12,14,19H,8-11,13H2,1H3. The lowest BCUT2D eigenvalue weighted by Gasteiger charge is -2.37. The van der Waals surface area contributed by atoms with Gasteiger partial charge in [0.15, 0.2) is 0 Å². The zero-order valence-corrected chi connectivity index (χ0v) is 20.1. The Hall–Kier alpha value is -2.33. The first-order chi connectivity index (χ1) is 15.7. The van der Waals surface area contributed by atoms with Gasteiger partial charge in [-0.3, -0.25) is 4.79 Å². The van der Waals surface area contributed by atoms with Gasteiger partial charge in [-0.15, -0.1) is 0 Å². The van der Waals surface area contributed by atoms with Crippen molar-refractivity contribution in [1.82, 2.24) is 4.31 Å². The Morgan fingerprint density at radius 3 is 2.48 bits per heavy atom. The highest BCUT2D eigenvalue weighted by molar-refractivity contribution is 7.89. The molecule has 4 rings (SSSR count). The van der Waals surface area contributed by atoms with Crippen LogP contribution in [-0.4, -0.2) is 57.4 Å². The Balaban J connectivity index is 1.50. The van der Waals surface area contributed by atoms with Crippen molar-refractivity contribution in [2.24, 2.45) is 5.92 Å². The summed E-state index contributed by atoms with van der Waals surface area (Å²) in [4.78, 5) is 27.0. The van der Waals surface area contributed by atoms with Crippen molar-refractivity contribution >= 4 is 50.8 Å². The number of piperidine rings is 1. The van der Waals surface area contributed by atoms with Crippen LogP contribution in [0.4, 0.5) is 5.69 Å². The molecule has 0 saturated carbocycles. The third kappa shape index (κ3) is 4.68. The summed E-state index contributed by atoms with van der Waals surface area (Å²) >= 11 is 12.1. The number of methoxy groups -OCH3 is 1. The van der Waals surface area contributed by atoms with Gasteiger partial charge < -0.3 is 14.4 Å². The van der Waals surface area contributed by atoms with E-state index >= 15 is 0 Å². The maximum Gasteiger partial charge on any atom is 0.348 e. The minimum atomic E-state index is -3.85. The molecule has 33 heavy (non-hydrogen) atoms. The van der Waals surface area contributed by atoms with Crippen molar-refractivity contribution in [2.75, 3.05) is 31.6 Å². The average molecular weight is 513 g/mol. The quantitative estimate of drug-likeness (QED) is 0.583. The molecule has 176 valence electrons. The Labute approximate surface area is 202 Å². The van der Waals surface area contributed by atoms with Gasteiger partial charge in [0.05, 0.1) is 24.4 Å². The predicted molar refractivity (Wildman–Crippen MR) is 123 cm³/mol. The van der Waals surface area contributed by atoms with E-state index in [-0.39, 0.29) is 40.5 Å². The molecule has 1 unspecified atom stereocenters. The van der Waals surface area contributed by atoms with Crippen LogP contribution in [0.3, 0.4) is 0 Å². The number of amides is 1. The zero-order chi connectivity index (χ0) is 23.8. The van der Waals surface area contributed by atoms with E-state index in [1.807, 2.05) is 0 Å². The van der Waals surface area contributed by atoms with Crippen molar-refractivity contribution in [3.8, 4) is 5.75 Å². The summed E-state index contributed by atoms with van der Waals surface area (Å²) in [5, 5.41) is 0.366. The summed E-state index contributed by atoms with van der Waals surface area (Å²) in [5.41, 5.74) is 0.573. The summed E-state index contributed by atoms with van der Waals surface area (Å²) < 4.78 is 38.0. The molecule has 2 aromatic rings. The second-order valence-corrected chi connectivity index (χ2v) is 10.5. The minimum Gasteiger partial charge on any atom is -0.475 e. The van der Waals surface area contributed by atoms with Gasteiger partial charge in [-0.05, 0) is 43.2 Å². The summed E-state index contributed by atoms with van der Waals surface area (Å²) in [6, 6.07) is 11.3. The lowest BCUT2D eigenvalue weighted by Crippen LogP contribution is -2.51. The first-order valence-corrected chi connectivity index (χ1v) is 12.5. The molecular weight excluding hydrogens is 491 g/mol. The van der Waals surface area contributed by atoms with Crippen LogP contribution in [0.15, 0.2) is 47.4 Å². The van der Waals surface area contributed by atoms with E-state index in [2.05, 4.69) is 0 Å². The number of carbonyl (C=O) groups excluding carboxylic acids is 2. The number of hydrogen-bond acceptors (Lipinski definition) is 6. The number of anilines is 1. The zero-order valence-electron chi connectivity index (χ0n) is 17.7. The van der Waals surface area contributed by atoms with Crippen molar-refractivity contribution in [2.45, 2.75) is 23.8 Å². The number of fused-ring (bicyclic) bond motifs is 1. The second-order valence-electron chi connectivity index (χ2n) is 7.80. The molecule has 11 heteroatoms. The number of hydrogen-bond donors (Lipinski definition) is 0. The van der Waals surface area contributed by atoms with Gasteiger partial charge in [0.25, 0.3) is 0 Å². The van der Waals surface area contributed by atoms with Crippen molar-refractivity contribution in [3.05, 3.63) is 52.5 Å². The fourth-order valence-corrected chi connectivity index (χ4v) is 6.28. The highest BCUT2D eigenvalue weighted by Gasteiger charge is 2.39. The molecule has 8 nitrogen and oxygen atoms in total. The summed E-state index contributed by atoms with van der Waals surface area (Å²) in [5.74, 6) is -0.738. The minimum absolute atomic E-state index is 0.0269. The maximum atomic E-state index is 13.4. The SMILES string of the molecule is COC(=O)C1CN(C(=O)C2CCN(S(=O)(=O)c3cc(Cl)ccc3Cl)CC2)c2ccccc2O1. The van der Waals surface area contributed by atoms with Crippen LogP contribution in [0, 0.1) is 5.92 Å². The molecule has 1 saturated heterocycles. The highest BCUT2D eigenvalue weighted by Crippen LogP contribution is 2.36. The topological polar surface area (TPSA) is 93.2 Å². The number of benzene rings is 2. The van der Waals surface area contributed by atoms with Crippen LogP contribution < -0.4 is 9.64 Å². The van der Waals surface area contributed by atoms with E-state index in [0.717, 1.165) is 0 Å². The van der Waals surface area contributed by atoms with Crippen LogP contribution in [0.5, 0.6) is 5.75 Å². The Morgan fingerprint density at radius 1 is 1.09 bits per heavy atom. The molecule has 2 aliphatic heterocycles. The van der Waals surface area contributed by atoms with Gasteiger partial charge in [0.2, 0.25) is 22.0 Å². The Kier molecular flexibility index (Phi) is 6.86. The molecule has 2 heterocycles. The number of nitrogens with zero attached hydrogens (tertiary/aromatic N) is 2. The molecule has 2 aliphatic rings. The second kappa shape index (κ2) is 9.50. The largest absolute Gasteiger partial charge is 0.475 e. The number of esters is 1. The monoisotopic (exact) mass is 512 g/mol. The number of rotatable bonds is 4. The molecule has 0 N–H and O–H groups in total. The van der Waals surface area contributed by atoms with Crippen LogP contribution in [0.25, 0.3) is 0 Å². The molecule has 0 bridgehead atoms. The average Bonchev–Trinajstić information content (AvgIpc) is 2.83. The first-order valence-electron chi connectivity index (χ1n) is 10.3. The Morgan fingerprint density at radius 2 is 1.79 bits per heavy atom. The van der Waals surface area contributed by atoms with Crippen molar-refractivity contribution in [1.29, 1.82) is 0 Å². The number of ether oxygens (including phenoxy) is 2. The lowest BCUT2D eigenvalue weighted by atomic mass is 9.95. The molecule has 1 atom stereocenters. The van der Waals surface area contributed by atoms with Gasteiger partial charge in [0, 0.05) is 24.0 Å². The fraction of sp³-hybridized carbons (Fsp3) is 0.364. The third-order valence-electron chi connectivity index (χ3n) is 5.82. The summed E-state index contributed by atoms with van der Waals surface area (Å²) in [6.45, 7) is 0.348.